The summed E-state index contributed by atoms with van der Waals surface area (Å²) >= 11 is 11.7. The number of hydrogen-bond donors (Lipinski definition) is 0. The largest absolute Gasteiger partial charge is 0.322 e. The summed E-state index contributed by atoms with van der Waals surface area (Å²) in [6, 6.07) is 0. The highest BCUT2D eigenvalue weighted by molar-refractivity contribution is 7.88. The van der Waals surface area contributed by atoms with Gasteiger partial charge in [-0.2, -0.15) is 0 Å². The molecule has 0 aromatic heterocycles. The molecule has 3 fully saturated rings. The zero-order valence-electron chi connectivity index (χ0n) is 12.3. The lowest BCUT2D eigenvalue weighted by Crippen LogP contribution is -2.52. The van der Waals surface area contributed by atoms with Crippen LogP contribution in [0.1, 0.15) is 64.2 Å². The Morgan fingerprint density at radius 2 is 1.48 bits per heavy atom. The van der Waals surface area contributed by atoms with Gasteiger partial charge in [0.05, 0.1) is 15.5 Å². The first-order valence-electron chi connectivity index (χ1n) is 8.04. The molecule has 1 amide bonds. The normalized spacial score (nSPS) is 31.2. The number of nitrogens with zero attached hydrogens (tertiary/aromatic N) is 1. The van der Waals surface area contributed by atoms with Crippen LogP contribution in [0.15, 0.2) is 0 Å². The molecule has 0 radical (unpaired) electrons. The standard InChI is InChI=1S/C15H23Cl2NO2S/c16-12(17)13(19)18-11-14(7-3-1-4-8-14)21(20)15(18)9-5-2-6-10-15/h12H,1-11H2. The van der Waals surface area contributed by atoms with Gasteiger partial charge in [-0.05, 0) is 25.7 Å². The predicted molar refractivity (Wildman–Crippen MR) is 87.0 cm³/mol. The van der Waals surface area contributed by atoms with Gasteiger partial charge >= 0.3 is 0 Å². The van der Waals surface area contributed by atoms with Gasteiger partial charge in [0.25, 0.3) is 5.91 Å². The van der Waals surface area contributed by atoms with Gasteiger partial charge in [-0.25, -0.2) is 0 Å². The average molecular weight is 352 g/mol. The van der Waals surface area contributed by atoms with Crippen LogP contribution in [0.25, 0.3) is 0 Å². The molecule has 120 valence electrons. The van der Waals surface area contributed by atoms with Crippen molar-refractivity contribution in [3.63, 3.8) is 0 Å². The second-order valence-electron chi connectivity index (χ2n) is 6.74. The lowest BCUT2D eigenvalue weighted by Gasteiger charge is -2.40. The third-order valence-corrected chi connectivity index (χ3v) is 8.54. The molecule has 0 N–H and O–H groups in total. The van der Waals surface area contributed by atoms with Crippen LogP contribution in [-0.2, 0) is 15.6 Å². The van der Waals surface area contributed by atoms with Crippen LogP contribution >= 0.6 is 23.2 Å². The van der Waals surface area contributed by atoms with Crippen molar-refractivity contribution in [2.45, 2.75) is 78.7 Å². The Balaban J connectivity index is 1.97. The fourth-order valence-electron chi connectivity index (χ4n) is 4.49. The van der Waals surface area contributed by atoms with E-state index in [9.17, 15) is 9.00 Å². The second kappa shape index (κ2) is 6.01. The summed E-state index contributed by atoms with van der Waals surface area (Å²) in [5.74, 6) is -0.240. The van der Waals surface area contributed by atoms with Crippen LogP contribution in [-0.4, -0.2) is 36.0 Å². The first kappa shape index (κ1) is 16.1. The summed E-state index contributed by atoms with van der Waals surface area (Å²) in [5.41, 5.74) is 0. The van der Waals surface area contributed by atoms with Crippen molar-refractivity contribution in [3.8, 4) is 0 Å². The zero-order chi connectivity index (χ0) is 15.1. The summed E-state index contributed by atoms with van der Waals surface area (Å²) < 4.78 is 13.2. The SMILES string of the molecule is O=C(C(Cl)Cl)N1CC2(CCCCC2)S(=O)C12CCCCC2. The molecule has 3 nitrogen and oxygen atoms in total. The van der Waals surface area contributed by atoms with Crippen molar-refractivity contribution >= 4 is 39.9 Å². The number of hydrogen-bond acceptors (Lipinski definition) is 2. The fourth-order valence-corrected chi connectivity index (χ4v) is 7.45. The van der Waals surface area contributed by atoms with Crippen molar-refractivity contribution < 1.29 is 9.00 Å². The number of rotatable bonds is 1. The summed E-state index contributed by atoms with van der Waals surface area (Å²) in [6.45, 7) is 0.592. The van der Waals surface area contributed by atoms with Crippen LogP contribution in [0, 0.1) is 0 Å². The summed E-state index contributed by atoms with van der Waals surface area (Å²) in [7, 11) is -0.992. The zero-order valence-corrected chi connectivity index (χ0v) is 14.6. The maximum absolute atomic E-state index is 13.4. The highest BCUT2D eigenvalue weighted by Crippen LogP contribution is 2.51. The van der Waals surface area contributed by atoms with Crippen LogP contribution in [0.2, 0.25) is 0 Å². The Morgan fingerprint density at radius 3 is 2.00 bits per heavy atom. The van der Waals surface area contributed by atoms with E-state index in [1.165, 1.54) is 12.8 Å². The molecule has 1 aliphatic heterocycles. The van der Waals surface area contributed by atoms with Crippen molar-refractivity contribution in [2.75, 3.05) is 6.54 Å². The van der Waals surface area contributed by atoms with E-state index in [1.54, 1.807) is 0 Å². The molecule has 1 atom stereocenters. The van der Waals surface area contributed by atoms with E-state index in [4.69, 9.17) is 23.2 Å². The molecular formula is C15H23Cl2NO2S. The minimum absolute atomic E-state index is 0.200. The van der Waals surface area contributed by atoms with Crippen molar-refractivity contribution in [1.29, 1.82) is 0 Å². The van der Waals surface area contributed by atoms with E-state index in [2.05, 4.69) is 0 Å². The average Bonchev–Trinajstić information content (AvgIpc) is 2.72. The molecule has 0 bridgehead atoms. The Morgan fingerprint density at radius 1 is 0.952 bits per heavy atom. The molecule has 6 heteroatoms. The molecule has 3 rings (SSSR count). The van der Waals surface area contributed by atoms with Gasteiger partial charge in [-0.3, -0.25) is 9.00 Å². The minimum Gasteiger partial charge on any atom is -0.322 e. The van der Waals surface area contributed by atoms with E-state index in [0.29, 0.717) is 6.54 Å². The topological polar surface area (TPSA) is 37.4 Å². The van der Waals surface area contributed by atoms with Crippen molar-refractivity contribution in [2.24, 2.45) is 0 Å². The summed E-state index contributed by atoms with van der Waals surface area (Å²) in [4.78, 5) is 12.8. The molecule has 0 aromatic carbocycles. The first-order chi connectivity index (χ1) is 10.0. The van der Waals surface area contributed by atoms with E-state index in [-0.39, 0.29) is 10.7 Å². The van der Waals surface area contributed by atoms with Gasteiger partial charge in [0.15, 0.2) is 4.84 Å². The maximum atomic E-state index is 13.4. The van der Waals surface area contributed by atoms with Gasteiger partial charge in [0.2, 0.25) is 0 Å². The van der Waals surface area contributed by atoms with Gasteiger partial charge in [-0.1, -0.05) is 61.7 Å². The lowest BCUT2D eigenvalue weighted by atomic mass is 9.87. The highest BCUT2D eigenvalue weighted by Gasteiger charge is 2.61. The fraction of sp³-hybridized carbons (Fsp3) is 0.933. The predicted octanol–water partition coefficient (Wildman–Crippen LogP) is 3.74. The number of amides is 1. The lowest BCUT2D eigenvalue weighted by molar-refractivity contribution is -0.133. The number of alkyl halides is 2. The number of halogens is 2. The molecule has 3 aliphatic rings. The Labute approximate surface area is 139 Å². The number of carbonyl (C=O) groups is 1. The Kier molecular flexibility index (Phi) is 4.60. The summed E-state index contributed by atoms with van der Waals surface area (Å²) in [5, 5.41) is 0. The molecular weight excluding hydrogens is 329 g/mol. The van der Waals surface area contributed by atoms with Gasteiger partial charge in [0.1, 0.15) is 4.87 Å². The molecule has 2 aliphatic carbocycles. The maximum Gasteiger partial charge on any atom is 0.257 e. The molecule has 2 spiro atoms. The molecule has 1 heterocycles. The Bertz CT molecular complexity index is 443. The second-order valence-corrected chi connectivity index (χ2v) is 10.0. The van der Waals surface area contributed by atoms with E-state index < -0.39 is 20.5 Å². The van der Waals surface area contributed by atoms with Gasteiger partial charge in [-0.15, -0.1) is 0 Å². The molecule has 2 saturated carbocycles. The van der Waals surface area contributed by atoms with E-state index >= 15 is 0 Å². The monoisotopic (exact) mass is 351 g/mol. The van der Waals surface area contributed by atoms with Crippen LogP contribution in [0.5, 0.6) is 0 Å². The highest BCUT2D eigenvalue weighted by atomic mass is 35.5. The van der Waals surface area contributed by atoms with Crippen LogP contribution in [0.4, 0.5) is 0 Å². The van der Waals surface area contributed by atoms with Gasteiger partial charge < -0.3 is 4.90 Å². The molecule has 0 aromatic rings. The van der Waals surface area contributed by atoms with Crippen molar-refractivity contribution in [3.05, 3.63) is 0 Å². The molecule has 1 saturated heterocycles. The molecule has 1 unspecified atom stereocenters. The van der Waals surface area contributed by atoms with Crippen molar-refractivity contribution in [1.82, 2.24) is 4.90 Å². The first-order valence-corrected chi connectivity index (χ1v) is 10.1. The third-order valence-electron chi connectivity index (χ3n) is 5.53. The van der Waals surface area contributed by atoms with Crippen LogP contribution in [0.3, 0.4) is 0 Å². The molecule has 21 heavy (non-hydrogen) atoms. The van der Waals surface area contributed by atoms with E-state index in [0.717, 1.165) is 51.4 Å². The van der Waals surface area contributed by atoms with Crippen LogP contribution < -0.4 is 0 Å². The Hall–Kier alpha value is 0.200. The van der Waals surface area contributed by atoms with E-state index in [1.807, 2.05) is 4.90 Å². The summed E-state index contributed by atoms with van der Waals surface area (Å²) in [6.07, 6.45) is 10.3. The quantitative estimate of drug-likeness (QED) is 0.674. The van der Waals surface area contributed by atoms with Gasteiger partial charge in [0, 0.05) is 6.54 Å². The smallest absolute Gasteiger partial charge is 0.257 e. The number of carbonyl (C=O) groups excluding carboxylic acids is 1. The minimum atomic E-state index is -1.04. The third kappa shape index (κ3) is 2.55.